The van der Waals surface area contributed by atoms with Gasteiger partial charge in [0, 0.05) is 19.1 Å². The van der Waals surface area contributed by atoms with Gasteiger partial charge in [-0.05, 0) is 0 Å². The Balaban J connectivity index is 3.04. The SMILES string of the molecule is CC(=O)C(F)(F)Oc1cc(F)c(F)c(F)c1. The van der Waals surface area contributed by atoms with Crippen LogP contribution in [-0.2, 0) is 4.79 Å². The number of halogens is 5. The third kappa shape index (κ3) is 2.47. The molecular weight excluding hydrogens is 235 g/mol. The normalized spacial score (nSPS) is 11.4. The summed E-state index contributed by atoms with van der Waals surface area (Å²) in [6, 6.07) is 0.435. The Morgan fingerprint density at radius 1 is 1.19 bits per heavy atom. The third-order valence-corrected chi connectivity index (χ3v) is 1.61. The molecule has 0 aromatic heterocycles. The highest BCUT2D eigenvalue weighted by molar-refractivity contribution is 5.81. The summed E-state index contributed by atoms with van der Waals surface area (Å²) in [5, 5.41) is 0. The molecule has 2 nitrogen and oxygen atoms in total. The van der Waals surface area contributed by atoms with Crippen LogP contribution in [0.15, 0.2) is 12.1 Å². The molecule has 88 valence electrons. The van der Waals surface area contributed by atoms with Gasteiger partial charge in [0.2, 0.25) is 5.78 Å². The van der Waals surface area contributed by atoms with Crippen LogP contribution in [0.25, 0.3) is 0 Å². The van der Waals surface area contributed by atoms with Crippen LogP contribution in [0.5, 0.6) is 5.75 Å². The maximum atomic E-state index is 12.7. The van der Waals surface area contributed by atoms with Gasteiger partial charge in [0.25, 0.3) is 0 Å². The van der Waals surface area contributed by atoms with Crippen molar-refractivity contribution in [2.45, 2.75) is 13.0 Å². The number of carbonyl (C=O) groups excluding carboxylic acids is 1. The molecule has 0 saturated heterocycles. The minimum absolute atomic E-state index is 0.218. The van der Waals surface area contributed by atoms with Gasteiger partial charge in [0.15, 0.2) is 17.5 Å². The van der Waals surface area contributed by atoms with Gasteiger partial charge in [-0.2, -0.15) is 8.78 Å². The monoisotopic (exact) mass is 240 g/mol. The van der Waals surface area contributed by atoms with E-state index < -0.39 is 35.1 Å². The van der Waals surface area contributed by atoms with Crippen molar-refractivity contribution in [1.29, 1.82) is 0 Å². The number of Topliss-reactive ketones (excluding diaryl/α,β-unsaturated/α-hetero) is 1. The van der Waals surface area contributed by atoms with E-state index in [-0.39, 0.29) is 12.1 Å². The van der Waals surface area contributed by atoms with Crippen molar-refractivity contribution < 1.29 is 31.5 Å². The molecular formula is C9H5F5O2. The van der Waals surface area contributed by atoms with Gasteiger partial charge in [0.05, 0.1) is 0 Å². The largest absolute Gasteiger partial charge is 0.460 e. The van der Waals surface area contributed by atoms with Crippen LogP contribution in [0.3, 0.4) is 0 Å². The van der Waals surface area contributed by atoms with E-state index in [0.717, 1.165) is 0 Å². The Morgan fingerprint density at radius 3 is 2.00 bits per heavy atom. The van der Waals surface area contributed by atoms with Crippen molar-refractivity contribution in [2.75, 3.05) is 0 Å². The molecule has 1 rings (SSSR count). The predicted molar refractivity (Wildman–Crippen MR) is 42.6 cm³/mol. The first kappa shape index (κ1) is 12.4. The molecule has 7 heteroatoms. The van der Waals surface area contributed by atoms with Crippen molar-refractivity contribution >= 4 is 5.78 Å². The molecule has 0 N–H and O–H groups in total. The van der Waals surface area contributed by atoms with Crippen LogP contribution < -0.4 is 4.74 Å². The van der Waals surface area contributed by atoms with E-state index in [1.807, 2.05) is 0 Å². The number of hydrogen-bond donors (Lipinski definition) is 0. The second kappa shape index (κ2) is 4.07. The summed E-state index contributed by atoms with van der Waals surface area (Å²) in [7, 11) is 0. The first-order valence-corrected chi connectivity index (χ1v) is 3.96. The van der Waals surface area contributed by atoms with E-state index in [4.69, 9.17) is 0 Å². The minimum atomic E-state index is -4.21. The molecule has 0 aliphatic carbocycles. The Kier molecular flexibility index (Phi) is 3.16. The Morgan fingerprint density at radius 2 is 1.62 bits per heavy atom. The summed E-state index contributed by atoms with van der Waals surface area (Å²) in [5.74, 6) is -7.79. The molecule has 0 spiro atoms. The molecule has 0 amide bonds. The molecule has 0 aliphatic heterocycles. The van der Waals surface area contributed by atoms with Gasteiger partial charge in [-0.1, -0.05) is 0 Å². The Hall–Kier alpha value is -1.66. The average Bonchev–Trinajstić information content (AvgIpc) is 2.13. The summed E-state index contributed by atoms with van der Waals surface area (Å²) in [4.78, 5) is 10.4. The van der Waals surface area contributed by atoms with E-state index in [2.05, 4.69) is 4.74 Å². The fourth-order valence-corrected chi connectivity index (χ4v) is 0.811. The van der Waals surface area contributed by atoms with Crippen LogP contribution >= 0.6 is 0 Å². The molecule has 1 aromatic carbocycles. The summed E-state index contributed by atoms with van der Waals surface area (Å²) in [6.45, 7) is 0.538. The highest BCUT2D eigenvalue weighted by Gasteiger charge is 2.38. The zero-order valence-corrected chi connectivity index (χ0v) is 7.86. The van der Waals surface area contributed by atoms with E-state index in [9.17, 15) is 26.7 Å². The fraction of sp³-hybridized carbons (Fsp3) is 0.222. The quantitative estimate of drug-likeness (QED) is 0.599. The predicted octanol–water partition coefficient (Wildman–Crippen LogP) is 2.66. The van der Waals surface area contributed by atoms with E-state index in [1.54, 1.807) is 0 Å². The average molecular weight is 240 g/mol. The molecule has 0 heterocycles. The van der Waals surface area contributed by atoms with Gasteiger partial charge in [-0.3, -0.25) is 4.79 Å². The first-order chi connectivity index (χ1) is 7.24. The minimum Gasteiger partial charge on any atom is -0.427 e. The lowest BCUT2D eigenvalue weighted by atomic mass is 10.3. The Bertz CT molecular complexity index is 407. The van der Waals surface area contributed by atoms with Crippen LogP contribution in [0.2, 0.25) is 0 Å². The van der Waals surface area contributed by atoms with E-state index >= 15 is 0 Å². The highest BCUT2D eigenvalue weighted by atomic mass is 19.3. The van der Waals surface area contributed by atoms with Crippen LogP contribution in [-0.4, -0.2) is 11.9 Å². The van der Waals surface area contributed by atoms with Crippen LogP contribution in [0, 0.1) is 17.5 Å². The molecule has 0 aliphatic rings. The maximum Gasteiger partial charge on any atom is 0.460 e. The molecule has 0 bridgehead atoms. The smallest absolute Gasteiger partial charge is 0.427 e. The summed E-state index contributed by atoms with van der Waals surface area (Å²) < 4.78 is 66.7. The van der Waals surface area contributed by atoms with Gasteiger partial charge >= 0.3 is 6.11 Å². The summed E-state index contributed by atoms with van der Waals surface area (Å²) in [6.07, 6.45) is -4.21. The second-order valence-electron chi connectivity index (χ2n) is 2.88. The zero-order valence-electron chi connectivity index (χ0n) is 7.86. The summed E-state index contributed by atoms with van der Waals surface area (Å²) in [5.41, 5.74) is 0. The van der Waals surface area contributed by atoms with Crippen molar-refractivity contribution in [3.8, 4) is 5.75 Å². The van der Waals surface area contributed by atoms with E-state index in [1.165, 1.54) is 0 Å². The molecule has 16 heavy (non-hydrogen) atoms. The Labute approximate surface area is 86.6 Å². The number of hydrogen-bond acceptors (Lipinski definition) is 2. The van der Waals surface area contributed by atoms with Crippen molar-refractivity contribution in [2.24, 2.45) is 0 Å². The van der Waals surface area contributed by atoms with Crippen LogP contribution in [0.1, 0.15) is 6.92 Å². The lowest BCUT2D eigenvalue weighted by molar-refractivity contribution is -0.188. The molecule has 0 atom stereocenters. The van der Waals surface area contributed by atoms with Crippen molar-refractivity contribution in [3.63, 3.8) is 0 Å². The second-order valence-corrected chi connectivity index (χ2v) is 2.88. The van der Waals surface area contributed by atoms with Gasteiger partial charge in [0.1, 0.15) is 5.75 Å². The van der Waals surface area contributed by atoms with Gasteiger partial charge < -0.3 is 4.74 Å². The fourth-order valence-electron chi connectivity index (χ4n) is 0.811. The lowest BCUT2D eigenvalue weighted by Gasteiger charge is -2.14. The number of ketones is 1. The van der Waals surface area contributed by atoms with Gasteiger partial charge in [-0.15, -0.1) is 0 Å². The topological polar surface area (TPSA) is 26.3 Å². The molecule has 0 saturated carbocycles. The summed E-state index contributed by atoms with van der Waals surface area (Å²) >= 11 is 0. The maximum absolute atomic E-state index is 12.7. The number of ether oxygens (including phenoxy) is 1. The standard InChI is InChI=1S/C9H5F5O2/c1-4(15)9(13,14)16-5-2-6(10)8(12)7(11)3-5/h2-3H,1H3. The lowest BCUT2D eigenvalue weighted by Crippen LogP contribution is -2.33. The van der Waals surface area contributed by atoms with Gasteiger partial charge in [-0.25, -0.2) is 13.2 Å². The van der Waals surface area contributed by atoms with Crippen LogP contribution in [0.4, 0.5) is 22.0 Å². The number of benzene rings is 1. The third-order valence-electron chi connectivity index (χ3n) is 1.61. The zero-order chi connectivity index (χ0) is 12.5. The molecule has 1 aromatic rings. The van der Waals surface area contributed by atoms with Crippen molar-refractivity contribution in [1.82, 2.24) is 0 Å². The number of carbonyl (C=O) groups is 1. The number of rotatable bonds is 3. The molecule has 0 unspecified atom stereocenters. The van der Waals surface area contributed by atoms with E-state index in [0.29, 0.717) is 6.92 Å². The molecule has 0 fully saturated rings. The first-order valence-electron chi connectivity index (χ1n) is 3.96. The van der Waals surface area contributed by atoms with Crippen molar-refractivity contribution in [3.05, 3.63) is 29.6 Å². The molecule has 0 radical (unpaired) electrons. The number of alkyl halides is 2. The highest BCUT2D eigenvalue weighted by Crippen LogP contribution is 2.25.